The first-order valence-electron chi connectivity index (χ1n) is 4.56. The maximum Gasteiger partial charge on any atom is 0.311 e. The average molecular weight is 245 g/mol. The van der Waals surface area contributed by atoms with Gasteiger partial charge in [-0.05, 0) is 17.7 Å². The van der Waals surface area contributed by atoms with Crippen molar-refractivity contribution in [3.8, 4) is 0 Å². The topological polar surface area (TPSA) is 44.8 Å². The summed E-state index contributed by atoms with van der Waals surface area (Å²) >= 11 is 5.48. The fourth-order valence-corrected chi connectivity index (χ4v) is 1.67. The van der Waals surface area contributed by atoms with Crippen LogP contribution in [0.3, 0.4) is 0 Å². The molecule has 1 aromatic carbocycles. The van der Waals surface area contributed by atoms with Crippen molar-refractivity contribution in [2.24, 2.45) is 0 Å². The quantitative estimate of drug-likeness (QED) is 0.588. The second kappa shape index (κ2) is 5.41. The number of ether oxygens (including phenoxy) is 3. The summed E-state index contributed by atoms with van der Waals surface area (Å²) in [4.78, 5) is 11.3. The van der Waals surface area contributed by atoms with Gasteiger partial charge in [-0.15, -0.1) is 0 Å². The van der Waals surface area contributed by atoms with Crippen LogP contribution in [0.1, 0.15) is 15.9 Å². The Balaban J connectivity index is 3.34. The number of rotatable bonds is 5. The lowest BCUT2D eigenvalue weighted by atomic mass is 10.1. The third-order valence-electron chi connectivity index (χ3n) is 2.27. The molecule has 0 heterocycles. The van der Waals surface area contributed by atoms with Crippen molar-refractivity contribution in [2.75, 3.05) is 21.3 Å². The molecular formula is C11H13ClO4. The molecule has 0 aromatic heterocycles. The van der Waals surface area contributed by atoms with E-state index < -0.39 is 11.2 Å². The maximum absolute atomic E-state index is 11.3. The highest BCUT2D eigenvalue weighted by Gasteiger charge is 2.35. The molecule has 1 rings (SSSR count). The van der Waals surface area contributed by atoms with Gasteiger partial charge in [0.25, 0.3) is 5.24 Å². The zero-order valence-corrected chi connectivity index (χ0v) is 10.1. The summed E-state index contributed by atoms with van der Waals surface area (Å²) in [6, 6.07) is 6.68. The predicted octanol–water partition coefficient (Wildman–Crippen LogP) is 2.12. The normalized spacial score (nSPS) is 11.5. The molecule has 0 N–H and O–H groups in total. The number of carbonyl (C=O) groups is 1. The molecule has 0 atom stereocenters. The minimum absolute atomic E-state index is 0.287. The average Bonchev–Trinajstić information content (AvgIpc) is 2.32. The lowest BCUT2D eigenvalue weighted by Gasteiger charge is -2.29. The Hall–Kier alpha value is -0.940. The Bertz CT molecular complexity index is 366. The third kappa shape index (κ3) is 2.25. The van der Waals surface area contributed by atoms with Crippen LogP contribution in [0.2, 0.25) is 0 Å². The van der Waals surface area contributed by atoms with Gasteiger partial charge in [-0.1, -0.05) is 18.2 Å². The number of methoxy groups -OCH3 is 3. The van der Waals surface area contributed by atoms with E-state index in [1.54, 1.807) is 24.3 Å². The largest absolute Gasteiger partial charge is 0.327 e. The van der Waals surface area contributed by atoms with Gasteiger partial charge in [-0.25, -0.2) is 0 Å². The summed E-state index contributed by atoms with van der Waals surface area (Å²) in [6.45, 7) is 0. The number of carbonyl (C=O) groups excluding carboxylic acids is 1. The van der Waals surface area contributed by atoms with Crippen LogP contribution in [0.15, 0.2) is 24.3 Å². The fraction of sp³-hybridized carbons (Fsp3) is 0.364. The predicted molar refractivity (Wildman–Crippen MR) is 59.3 cm³/mol. The molecule has 16 heavy (non-hydrogen) atoms. The van der Waals surface area contributed by atoms with Crippen molar-refractivity contribution >= 4 is 16.8 Å². The lowest BCUT2D eigenvalue weighted by molar-refractivity contribution is -0.364. The molecule has 0 radical (unpaired) electrons. The molecule has 0 spiro atoms. The number of halogens is 1. The van der Waals surface area contributed by atoms with E-state index in [2.05, 4.69) is 0 Å². The van der Waals surface area contributed by atoms with Gasteiger partial charge in [0.1, 0.15) is 0 Å². The van der Waals surface area contributed by atoms with Crippen LogP contribution in [0.4, 0.5) is 0 Å². The van der Waals surface area contributed by atoms with Gasteiger partial charge in [0.2, 0.25) is 0 Å². The Morgan fingerprint density at radius 3 is 2.06 bits per heavy atom. The summed E-state index contributed by atoms with van der Waals surface area (Å²) in [5.74, 6) is -1.42. The first-order chi connectivity index (χ1) is 7.61. The smallest absolute Gasteiger partial charge is 0.311 e. The van der Waals surface area contributed by atoms with Crippen molar-refractivity contribution in [3.63, 3.8) is 0 Å². The Morgan fingerprint density at radius 1 is 1.12 bits per heavy atom. The molecule has 0 aliphatic carbocycles. The monoisotopic (exact) mass is 244 g/mol. The van der Waals surface area contributed by atoms with Crippen LogP contribution in [0.25, 0.3) is 0 Å². The molecule has 88 valence electrons. The zero-order chi connectivity index (χ0) is 12.2. The summed E-state index contributed by atoms with van der Waals surface area (Å²) in [5.41, 5.74) is 0.720. The first-order valence-corrected chi connectivity index (χ1v) is 4.94. The van der Waals surface area contributed by atoms with Gasteiger partial charge in [-0.2, -0.15) is 0 Å². The van der Waals surface area contributed by atoms with Crippen molar-refractivity contribution in [2.45, 2.75) is 5.97 Å². The van der Waals surface area contributed by atoms with Crippen molar-refractivity contribution in [1.29, 1.82) is 0 Å². The van der Waals surface area contributed by atoms with E-state index in [-0.39, 0.29) is 5.56 Å². The fourth-order valence-electron chi connectivity index (χ4n) is 1.50. The van der Waals surface area contributed by atoms with Gasteiger partial charge in [0.05, 0.1) is 5.56 Å². The molecule has 0 bridgehead atoms. The Labute approximate surface area is 99.1 Å². The molecule has 1 aromatic rings. The standard InChI is InChI=1S/C11H13ClO4/c1-14-11(15-2,16-3)9-7-5-4-6-8(9)10(12)13/h4-7H,1-3H3. The van der Waals surface area contributed by atoms with E-state index in [0.29, 0.717) is 5.56 Å². The van der Waals surface area contributed by atoms with Crippen LogP contribution in [-0.2, 0) is 20.2 Å². The van der Waals surface area contributed by atoms with Crippen LogP contribution < -0.4 is 0 Å². The van der Waals surface area contributed by atoms with Crippen LogP contribution in [0, 0.1) is 0 Å². The molecule has 0 amide bonds. The van der Waals surface area contributed by atoms with Gasteiger partial charge < -0.3 is 14.2 Å². The van der Waals surface area contributed by atoms with Gasteiger partial charge in [0.15, 0.2) is 0 Å². The molecule has 0 unspecified atom stereocenters. The van der Waals surface area contributed by atoms with Crippen molar-refractivity contribution < 1.29 is 19.0 Å². The highest BCUT2D eigenvalue weighted by atomic mass is 35.5. The minimum atomic E-state index is -1.42. The van der Waals surface area contributed by atoms with Gasteiger partial charge in [0, 0.05) is 26.9 Å². The van der Waals surface area contributed by atoms with Gasteiger partial charge in [-0.3, -0.25) is 4.79 Å². The van der Waals surface area contributed by atoms with E-state index in [4.69, 9.17) is 25.8 Å². The lowest BCUT2D eigenvalue weighted by Crippen LogP contribution is -2.34. The number of hydrogen-bond donors (Lipinski definition) is 0. The van der Waals surface area contributed by atoms with Crippen LogP contribution in [0.5, 0.6) is 0 Å². The molecule has 4 nitrogen and oxygen atoms in total. The zero-order valence-electron chi connectivity index (χ0n) is 9.32. The van der Waals surface area contributed by atoms with E-state index in [0.717, 1.165) is 0 Å². The number of benzene rings is 1. The van der Waals surface area contributed by atoms with Crippen molar-refractivity contribution in [3.05, 3.63) is 35.4 Å². The van der Waals surface area contributed by atoms with Crippen molar-refractivity contribution in [1.82, 2.24) is 0 Å². The molecule has 0 aliphatic rings. The van der Waals surface area contributed by atoms with E-state index in [9.17, 15) is 4.79 Å². The molecule has 0 aliphatic heterocycles. The van der Waals surface area contributed by atoms with E-state index in [1.165, 1.54) is 21.3 Å². The van der Waals surface area contributed by atoms with Crippen LogP contribution in [-0.4, -0.2) is 26.6 Å². The maximum atomic E-state index is 11.3. The molecular weight excluding hydrogens is 232 g/mol. The van der Waals surface area contributed by atoms with Gasteiger partial charge >= 0.3 is 5.97 Å². The highest BCUT2D eigenvalue weighted by molar-refractivity contribution is 6.67. The Kier molecular flexibility index (Phi) is 4.44. The van der Waals surface area contributed by atoms with Crippen LogP contribution >= 0.6 is 11.6 Å². The molecule has 0 saturated heterocycles. The SMILES string of the molecule is COC(OC)(OC)c1ccccc1C(=O)Cl. The first kappa shape index (κ1) is 13.1. The summed E-state index contributed by atoms with van der Waals surface area (Å²) in [6.07, 6.45) is 0. The molecule has 5 heteroatoms. The summed E-state index contributed by atoms with van der Waals surface area (Å²) in [5, 5.41) is -0.592. The van der Waals surface area contributed by atoms with E-state index >= 15 is 0 Å². The highest BCUT2D eigenvalue weighted by Crippen LogP contribution is 2.30. The molecule has 0 fully saturated rings. The third-order valence-corrected chi connectivity index (χ3v) is 2.48. The summed E-state index contributed by atoms with van der Waals surface area (Å²) in [7, 11) is 4.26. The summed E-state index contributed by atoms with van der Waals surface area (Å²) < 4.78 is 15.5. The second-order valence-electron chi connectivity index (χ2n) is 2.99. The second-order valence-corrected chi connectivity index (χ2v) is 3.33. The minimum Gasteiger partial charge on any atom is -0.327 e. The van der Waals surface area contributed by atoms with E-state index in [1.807, 2.05) is 0 Å². The Morgan fingerprint density at radius 2 is 1.62 bits per heavy atom. The molecule has 0 saturated carbocycles. The number of hydrogen-bond acceptors (Lipinski definition) is 4.